The highest BCUT2D eigenvalue weighted by Gasteiger charge is 2.30. The fraction of sp³-hybridized carbons (Fsp3) is 0.400. The number of nitrogens with zero attached hydrogens (tertiary/aromatic N) is 1. The highest BCUT2D eigenvalue weighted by atomic mass is 35.5. The molecular formula is C20H23ClN2O6. The van der Waals surface area contributed by atoms with E-state index in [1.54, 1.807) is 39.0 Å². The molecule has 29 heavy (non-hydrogen) atoms. The second-order valence-electron chi connectivity index (χ2n) is 6.47. The van der Waals surface area contributed by atoms with Gasteiger partial charge in [0.15, 0.2) is 5.69 Å². The Morgan fingerprint density at radius 1 is 1.17 bits per heavy atom. The van der Waals surface area contributed by atoms with Crippen LogP contribution in [0.5, 0.6) is 5.75 Å². The van der Waals surface area contributed by atoms with Gasteiger partial charge < -0.3 is 19.2 Å². The lowest BCUT2D eigenvalue weighted by Gasteiger charge is -2.24. The summed E-state index contributed by atoms with van der Waals surface area (Å²) in [4.78, 5) is 44.1. The van der Waals surface area contributed by atoms with Gasteiger partial charge in [0.1, 0.15) is 11.4 Å². The molecule has 156 valence electrons. The molecule has 0 aliphatic carbocycles. The summed E-state index contributed by atoms with van der Waals surface area (Å²) in [6, 6.07) is 8.08. The average Bonchev–Trinajstić information content (AvgIpc) is 2.70. The molecular weight excluding hydrogens is 400 g/mol. The molecule has 1 heterocycles. The van der Waals surface area contributed by atoms with Crippen LogP contribution in [0.1, 0.15) is 53.9 Å². The van der Waals surface area contributed by atoms with Gasteiger partial charge in [-0.1, -0.05) is 18.2 Å². The molecule has 0 saturated heterocycles. The Balaban J connectivity index is 2.44. The van der Waals surface area contributed by atoms with Crippen LogP contribution in [-0.2, 0) is 15.1 Å². The van der Waals surface area contributed by atoms with E-state index in [0.29, 0.717) is 18.9 Å². The summed E-state index contributed by atoms with van der Waals surface area (Å²) < 4.78 is 15.9. The quantitative estimate of drug-likeness (QED) is 0.376. The number of alkyl halides is 1. The van der Waals surface area contributed by atoms with Gasteiger partial charge in [-0.15, -0.1) is 11.6 Å². The van der Waals surface area contributed by atoms with Gasteiger partial charge in [-0.2, -0.15) is 0 Å². The van der Waals surface area contributed by atoms with Crippen LogP contribution in [0.15, 0.2) is 35.1 Å². The SMILES string of the molecule is CCOC(=O)c1nc(C(C)(C)OCCCCl)[nH]c(=O)c1OC(=O)c1ccccc1. The van der Waals surface area contributed by atoms with Crippen LogP contribution in [0.2, 0.25) is 0 Å². The maximum atomic E-state index is 12.7. The van der Waals surface area contributed by atoms with E-state index < -0.39 is 34.5 Å². The molecule has 0 fully saturated rings. The number of nitrogens with one attached hydrogen (secondary N) is 1. The number of esters is 2. The Morgan fingerprint density at radius 3 is 2.48 bits per heavy atom. The zero-order valence-corrected chi connectivity index (χ0v) is 17.2. The van der Waals surface area contributed by atoms with Crippen molar-refractivity contribution in [3.05, 3.63) is 57.8 Å². The van der Waals surface area contributed by atoms with Crippen molar-refractivity contribution >= 4 is 23.5 Å². The van der Waals surface area contributed by atoms with Crippen molar-refractivity contribution in [2.45, 2.75) is 32.8 Å². The van der Waals surface area contributed by atoms with E-state index in [2.05, 4.69) is 9.97 Å². The molecule has 1 aromatic carbocycles. The van der Waals surface area contributed by atoms with Crippen LogP contribution in [0.4, 0.5) is 0 Å². The lowest BCUT2D eigenvalue weighted by molar-refractivity contribution is -0.0279. The standard InChI is InChI=1S/C20H23ClN2O6/c1-4-27-18(26)14-15(29-17(25)13-9-6-5-7-10-13)16(24)23-19(22-14)20(2,3)28-12-8-11-21/h5-7,9-10H,4,8,11-12H2,1-3H3,(H,22,23,24). The third kappa shape index (κ3) is 5.88. The van der Waals surface area contributed by atoms with Gasteiger partial charge in [-0.3, -0.25) is 4.79 Å². The molecule has 1 aromatic heterocycles. The second-order valence-corrected chi connectivity index (χ2v) is 6.85. The van der Waals surface area contributed by atoms with E-state index in [4.69, 9.17) is 25.8 Å². The van der Waals surface area contributed by atoms with Crippen LogP contribution in [0.25, 0.3) is 0 Å². The fourth-order valence-corrected chi connectivity index (χ4v) is 2.47. The van der Waals surface area contributed by atoms with Gasteiger partial charge >= 0.3 is 11.9 Å². The van der Waals surface area contributed by atoms with Crippen LogP contribution in [0, 0.1) is 0 Å². The third-order valence-electron chi connectivity index (χ3n) is 3.86. The molecule has 0 unspecified atom stereocenters. The number of benzene rings is 1. The van der Waals surface area contributed by atoms with Crippen LogP contribution in [0.3, 0.4) is 0 Å². The van der Waals surface area contributed by atoms with Crippen molar-refractivity contribution in [3.8, 4) is 5.75 Å². The van der Waals surface area contributed by atoms with Gasteiger partial charge in [-0.05, 0) is 39.3 Å². The van der Waals surface area contributed by atoms with Crippen molar-refractivity contribution < 1.29 is 23.8 Å². The number of hydrogen-bond acceptors (Lipinski definition) is 7. The fourth-order valence-electron chi connectivity index (χ4n) is 2.36. The number of aromatic nitrogens is 2. The number of carbonyl (C=O) groups excluding carboxylic acids is 2. The van der Waals surface area contributed by atoms with E-state index in [1.165, 1.54) is 12.1 Å². The molecule has 0 atom stereocenters. The Morgan fingerprint density at radius 2 is 1.86 bits per heavy atom. The van der Waals surface area contributed by atoms with Crippen molar-refractivity contribution in [2.75, 3.05) is 19.1 Å². The predicted octanol–water partition coefficient (Wildman–Crippen LogP) is 3.05. The normalized spacial score (nSPS) is 11.2. The number of carbonyl (C=O) groups is 2. The molecule has 0 saturated carbocycles. The molecule has 0 amide bonds. The topological polar surface area (TPSA) is 108 Å². The van der Waals surface area contributed by atoms with Crippen molar-refractivity contribution in [3.63, 3.8) is 0 Å². The molecule has 1 N–H and O–H groups in total. The summed E-state index contributed by atoms with van der Waals surface area (Å²) in [5.41, 5.74) is -2.00. The van der Waals surface area contributed by atoms with E-state index in [0.717, 1.165) is 0 Å². The molecule has 0 radical (unpaired) electrons. The number of hydrogen-bond donors (Lipinski definition) is 1. The molecule has 0 aliphatic heterocycles. The van der Waals surface area contributed by atoms with Gasteiger partial charge in [0.2, 0.25) is 5.75 Å². The van der Waals surface area contributed by atoms with Crippen LogP contribution < -0.4 is 10.3 Å². The monoisotopic (exact) mass is 422 g/mol. The minimum atomic E-state index is -1.02. The second kappa shape index (κ2) is 10.2. The Labute approximate surface area is 173 Å². The van der Waals surface area contributed by atoms with E-state index in [1.807, 2.05) is 0 Å². The maximum Gasteiger partial charge on any atom is 0.361 e. The lowest BCUT2D eigenvalue weighted by Crippen LogP contribution is -2.32. The number of H-pyrrole nitrogens is 1. The van der Waals surface area contributed by atoms with Gasteiger partial charge in [0, 0.05) is 12.5 Å². The molecule has 9 heteroatoms. The first-order chi connectivity index (χ1) is 13.8. The van der Waals surface area contributed by atoms with E-state index in [9.17, 15) is 14.4 Å². The molecule has 2 aromatic rings. The predicted molar refractivity (Wildman–Crippen MR) is 107 cm³/mol. The summed E-state index contributed by atoms with van der Waals surface area (Å²) in [6.07, 6.45) is 0.604. The lowest BCUT2D eigenvalue weighted by atomic mass is 10.1. The highest BCUT2D eigenvalue weighted by molar-refractivity contribution is 6.17. The van der Waals surface area contributed by atoms with Crippen molar-refractivity contribution in [1.29, 1.82) is 0 Å². The van der Waals surface area contributed by atoms with Crippen molar-refractivity contribution in [2.24, 2.45) is 0 Å². The summed E-state index contributed by atoms with van der Waals surface area (Å²) in [5, 5.41) is 0. The number of halogens is 1. The number of aromatic amines is 1. The molecule has 2 rings (SSSR count). The molecule has 0 bridgehead atoms. The highest BCUT2D eigenvalue weighted by Crippen LogP contribution is 2.23. The Bertz CT molecular complexity index is 911. The minimum Gasteiger partial charge on any atom is -0.461 e. The zero-order valence-electron chi connectivity index (χ0n) is 16.5. The first kappa shape index (κ1) is 22.6. The smallest absolute Gasteiger partial charge is 0.361 e. The Kier molecular flexibility index (Phi) is 7.92. The molecule has 0 spiro atoms. The minimum absolute atomic E-state index is 0.0599. The van der Waals surface area contributed by atoms with E-state index >= 15 is 0 Å². The number of ether oxygens (including phenoxy) is 3. The van der Waals surface area contributed by atoms with Gasteiger partial charge in [0.25, 0.3) is 5.56 Å². The molecule has 8 nitrogen and oxygen atoms in total. The Hall–Kier alpha value is -2.71. The first-order valence-corrected chi connectivity index (χ1v) is 9.62. The number of rotatable bonds is 9. The van der Waals surface area contributed by atoms with Crippen LogP contribution in [-0.4, -0.2) is 41.0 Å². The first-order valence-electron chi connectivity index (χ1n) is 9.09. The zero-order chi connectivity index (χ0) is 21.4. The summed E-state index contributed by atoms with van der Waals surface area (Å²) in [5.74, 6) is -1.69. The molecule has 0 aliphatic rings. The van der Waals surface area contributed by atoms with Gasteiger partial charge in [0.05, 0.1) is 12.2 Å². The van der Waals surface area contributed by atoms with Crippen LogP contribution >= 0.6 is 11.6 Å². The average molecular weight is 423 g/mol. The third-order valence-corrected chi connectivity index (χ3v) is 4.13. The van der Waals surface area contributed by atoms with E-state index in [-0.39, 0.29) is 18.0 Å². The summed E-state index contributed by atoms with van der Waals surface area (Å²) in [7, 11) is 0. The van der Waals surface area contributed by atoms with Crippen molar-refractivity contribution in [1.82, 2.24) is 9.97 Å². The maximum absolute atomic E-state index is 12.7. The van der Waals surface area contributed by atoms with Gasteiger partial charge in [-0.25, -0.2) is 14.6 Å². The summed E-state index contributed by atoms with van der Waals surface area (Å²) in [6.45, 7) is 5.37. The summed E-state index contributed by atoms with van der Waals surface area (Å²) >= 11 is 5.66. The largest absolute Gasteiger partial charge is 0.461 e.